The average Bonchev–Trinajstić information content (AvgIpc) is 3.13. The zero-order valence-electron chi connectivity index (χ0n) is 19.1. The Kier molecular flexibility index (Phi) is 6.97. The molecular formula is C24H30F2N4O4. The summed E-state index contributed by atoms with van der Waals surface area (Å²) < 4.78 is 29.4. The van der Waals surface area contributed by atoms with E-state index in [2.05, 4.69) is 15.6 Å². The molecule has 1 amide bonds. The third kappa shape index (κ3) is 4.82. The highest BCUT2D eigenvalue weighted by Crippen LogP contribution is 2.36. The van der Waals surface area contributed by atoms with E-state index in [1.807, 2.05) is 13.8 Å². The van der Waals surface area contributed by atoms with Gasteiger partial charge >= 0.3 is 5.92 Å². The number of aromatic nitrogens is 1. The van der Waals surface area contributed by atoms with Crippen molar-refractivity contribution in [3.8, 4) is 0 Å². The Bertz CT molecular complexity index is 1030. The van der Waals surface area contributed by atoms with Gasteiger partial charge in [0.15, 0.2) is 6.23 Å². The van der Waals surface area contributed by atoms with Gasteiger partial charge in [0, 0.05) is 19.3 Å². The quantitative estimate of drug-likeness (QED) is 0.387. The molecule has 34 heavy (non-hydrogen) atoms. The van der Waals surface area contributed by atoms with Gasteiger partial charge in [-0.1, -0.05) is 38.1 Å². The van der Waals surface area contributed by atoms with Crippen molar-refractivity contribution in [2.45, 2.75) is 76.3 Å². The largest absolute Gasteiger partial charge is 0.374 e. The Balaban J connectivity index is 1.40. The highest BCUT2D eigenvalue weighted by Gasteiger charge is 2.42. The van der Waals surface area contributed by atoms with Gasteiger partial charge in [0.05, 0.1) is 6.04 Å². The number of rotatable bonds is 7. The molecule has 5 N–H and O–H groups in total. The molecule has 4 atom stereocenters. The third-order valence-electron chi connectivity index (χ3n) is 6.52. The lowest BCUT2D eigenvalue weighted by molar-refractivity contribution is -0.139. The molecule has 0 radical (unpaired) electrons. The van der Waals surface area contributed by atoms with Crippen LogP contribution in [-0.2, 0) is 23.8 Å². The van der Waals surface area contributed by atoms with E-state index in [4.69, 9.17) is 0 Å². The van der Waals surface area contributed by atoms with E-state index in [-0.39, 0.29) is 18.4 Å². The highest BCUT2D eigenvalue weighted by molar-refractivity contribution is 5.82. The molecule has 2 aromatic rings. The molecule has 8 nitrogen and oxygen atoms in total. The van der Waals surface area contributed by atoms with Gasteiger partial charge in [-0.2, -0.15) is 8.78 Å². The number of benzene rings is 1. The number of amides is 1. The minimum Gasteiger partial charge on any atom is -0.374 e. The first kappa shape index (κ1) is 24.6. The monoisotopic (exact) mass is 476 g/mol. The molecule has 184 valence electrons. The first-order chi connectivity index (χ1) is 16.1. The van der Waals surface area contributed by atoms with Crippen LogP contribution in [0.25, 0.3) is 0 Å². The second kappa shape index (κ2) is 9.63. The van der Waals surface area contributed by atoms with E-state index in [1.54, 1.807) is 29.2 Å². The van der Waals surface area contributed by atoms with E-state index >= 15 is 0 Å². The molecule has 1 fully saturated rings. The van der Waals surface area contributed by atoms with Gasteiger partial charge in [-0.25, -0.2) is 0 Å². The molecular weight excluding hydrogens is 446 g/mol. The van der Waals surface area contributed by atoms with Gasteiger partial charge in [0.25, 0.3) is 0 Å². The van der Waals surface area contributed by atoms with Crippen LogP contribution in [0, 0.1) is 0 Å². The molecule has 0 aliphatic carbocycles. The maximum absolute atomic E-state index is 14.7. The van der Waals surface area contributed by atoms with Crippen LogP contribution in [0.5, 0.6) is 0 Å². The summed E-state index contributed by atoms with van der Waals surface area (Å²) >= 11 is 0. The average molecular weight is 477 g/mol. The zero-order chi connectivity index (χ0) is 24.6. The maximum atomic E-state index is 14.7. The standard InChI is InChI=1S/C24H30F2N4O4/c1-13(2)15-4-7-19(27-11-15)24(25,26)23(34)28-10-14-3-5-17-16(9-14)12-30(22(17)33)18-6-8-20(31)29-21(18)32/h3-5,7,9,11,13,18,20,22-23,28,31,33-34H,6,8,10,12H2,1-2H3,(H,29,32)/t18?,20-,22+,23-/m1/s1. The predicted octanol–water partition coefficient (Wildman–Crippen LogP) is 1.81. The minimum absolute atomic E-state index is 0.0275. The van der Waals surface area contributed by atoms with Crippen molar-refractivity contribution < 1.29 is 28.9 Å². The van der Waals surface area contributed by atoms with Crippen molar-refractivity contribution in [1.29, 1.82) is 0 Å². The van der Waals surface area contributed by atoms with E-state index in [0.29, 0.717) is 30.5 Å². The minimum atomic E-state index is -3.59. The third-order valence-corrected chi connectivity index (χ3v) is 6.52. The maximum Gasteiger partial charge on any atom is 0.328 e. The number of hydrogen-bond acceptors (Lipinski definition) is 7. The summed E-state index contributed by atoms with van der Waals surface area (Å²) in [4.78, 5) is 17.7. The number of carbonyl (C=O) groups is 1. The molecule has 0 bridgehead atoms. The smallest absolute Gasteiger partial charge is 0.328 e. The number of halogens is 2. The molecule has 0 spiro atoms. The van der Waals surface area contributed by atoms with E-state index in [9.17, 15) is 28.9 Å². The molecule has 2 aliphatic heterocycles. The number of aliphatic hydroxyl groups excluding tert-OH is 3. The number of fused-ring (bicyclic) bond motifs is 1. The summed E-state index contributed by atoms with van der Waals surface area (Å²) in [6.07, 6.45) is -1.79. The second-order valence-corrected chi connectivity index (χ2v) is 9.23. The van der Waals surface area contributed by atoms with Crippen molar-refractivity contribution in [2.75, 3.05) is 0 Å². The fourth-order valence-corrected chi connectivity index (χ4v) is 4.42. The number of piperidine rings is 1. The van der Waals surface area contributed by atoms with Crippen molar-refractivity contribution in [3.63, 3.8) is 0 Å². The lowest BCUT2D eigenvalue weighted by Gasteiger charge is -2.34. The summed E-state index contributed by atoms with van der Waals surface area (Å²) in [5.41, 5.74) is 2.38. The van der Waals surface area contributed by atoms with E-state index in [0.717, 1.165) is 11.1 Å². The van der Waals surface area contributed by atoms with Gasteiger partial charge in [0.2, 0.25) is 5.91 Å². The number of hydrogen-bond donors (Lipinski definition) is 5. The fourth-order valence-electron chi connectivity index (χ4n) is 4.42. The van der Waals surface area contributed by atoms with Crippen LogP contribution in [0.15, 0.2) is 36.5 Å². The lowest BCUT2D eigenvalue weighted by atomic mass is 10.0. The van der Waals surface area contributed by atoms with Gasteiger partial charge in [0.1, 0.15) is 18.1 Å². The summed E-state index contributed by atoms with van der Waals surface area (Å²) in [7, 11) is 0. The van der Waals surface area contributed by atoms with Crippen LogP contribution in [0.3, 0.4) is 0 Å². The molecule has 1 aromatic carbocycles. The first-order valence-electron chi connectivity index (χ1n) is 11.4. The molecule has 2 aliphatic rings. The highest BCUT2D eigenvalue weighted by atomic mass is 19.3. The number of nitrogens with zero attached hydrogens (tertiary/aromatic N) is 2. The second-order valence-electron chi connectivity index (χ2n) is 9.23. The molecule has 1 saturated heterocycles. The van der Waals surface area contributed by atoms with Crippen LogP contribution < -0.4 is 10.6 Å². The Morgan fingerprint density at radius 1 is 1.24 bits per heavy atom. The van der Waals surface area contributed by atoms with Crippen molar-refractivity contribution in [3.05, 3.63) is 64.5 Å². The topological polar surface area (TPSA) is 118 Å². The van der Waals surface area contributed by atoms with Gasteiger partial charge in [-0.05, 0) is 47.1 Å². The van der Waals surface area contributed by atoms with Crippen LogP contribution in [0.1, 0.15) is 66.8 Å². The molecule has 4 rings (SSSR count). The molecule has 0 saturated carbocycles. The van der Waals surface area contributed by atoms with Crippen molar-refractivity contribution >= 4 is 5.91 Å². The summed E-state index contributed by atoms with van der Waals surface area (Å²) in [6, 6.07) is 7.39. The first-order valence-corrected chi connectivity index (χ1v) is 11.4. The van der Waals surface area contributed by atoms with Crippen LogP contribution in [0.4, 0.5) is 8.78 Å². The number of aliphatic hydroxyl groups is 3. The van der Waals surface area contributed by atoms with Crippen molar-refractivity contribution in [1.82, 2.24) is 20.5 Å². The van der Waals surface area contributed by atoms with Crippen LogP contribution in [-0.4, -0.2) is 49.6 Å². The SMILES string of the molecule is CC(C)c1ccc(C(F)(F)[C@@H](O)NCc2ccc3c(c2)CN(C2CC[C@@H](O)NC2=O)[C@H]3O)nc1. The lowest BCUT2D eigenvalue weighted by Crippen LogP contribution is -2.53. The van der Waals surface area contributed by atoms with Gasteiger partial charge in [-0.15, -0.1) is 0 Å². The number of pyridine rings is 1. The van der Waals surface area contributed by atoms with E-state index in [1.165, 1.54) is 12.3 Å². The molecule has 1 unspecified atom stereocenters. The van der Waals surface area contributed by atoms with Crippen LogP contribution in [0.2, 0.25) is 0 Å². The van der Waals surface area contributed by atoms with E-state index < -0.39 is 36.3 Å². The summed E-state index contributed by atoms with van der Waals surface area (Å²) in [5, 5.41) is 35.4. The van der Waals surface area contributed by atoms with Gasteiger partial charge < -0.3 is 20.6 Å². The number of alkyl halides is 2. The Morgan fingerprint density at radius 2 is 2.00 bits per heavy atom. The fraction of sp³-hybridized carbons (Fsp3) is 0.500. The molecule has 1 aromatic heterocycles. The van der Waals surface area contributed by atoms with Crippen LogP contribution >= 0.6 is 0 Å². The normalized spacial score (nSPS) is 24.2. The zero-order valence-corrected chi connectivity index (χ0v) is 19.1. The Hall–Kier alpha value is -2.50. The van der Waals surface area contributed by atoms with Gasteiger partial charge in [-0.3, -0.25) is 20.0 Å². The molecule has 10 heteroatoms. The molecule has 3 heterocycles. The Morgan fingerprint density at radius 3 is 2.65 bits per heavy atom. The Labute approximate surface area is 196 Å². The summed E-state index contributed by atoms with van der Waals surface area (Å²) in [5.74, 6) is -3.77. The summed E-state index contributed by atoms with van der Waals surface area (Å²) in [6.45, 7) is 4.16. The number of nitrogens with one attached hydrogen (secondary N) is 2. The number of carbonyl (C=O) groups excluding carboxylic acids is 1. The predicted molar refractivity (Wildman–Crippen MR) is 119 cm³/mol. The van der Waals surface area contributed by atoms with Crippen molar-refractivity contribution in [2.24, 2.45) is 0 Å².